The Morgan fingerprint density at radius 2 is 2.03 bits per heavy atom. The molecule has 0 amide bonds. The molecule has 9 heteroatoms. The number of rotatable bonds is 4. The van der Waals surface area contributed by atoms with Gasteiger partial charge in [-0.1, -0.05) is 11.3 Å². The predicted octanol–water partition coefficient (Wildman–Crippen LogP) is 3.90. The number of carbonyl (C=O) groups is 1. The summed E-state index contributed by atoms with van der Waals surface area (Å²) in [6.07, 6.45) is 1.72. The Morgan fingerprint density at radius 1 is 1.31 bits per heavy atom. The second-order valence-electron chi connectivity index (χ2n) is 6.56. The number of aliphatic carboxylic acids is 1. The number of imidazole rings is 1. The lowest BCUT2D eigenvalue weighted by molar-refractivity contribution is -0.139. The molecule has 0 fully saturated rings. The van der Waals surface area contributed by atoms with E-state index in [1.165, 1.54) is 11.3 Å². The van der Waals surface area contributed by atoms with Crippen LogP contribution in [0.3, 0.4) is 0 Å². The number of carboxylic acids is 1. The maximum absolute atomic E-state index is 13.1. The summed E-state index contributed by atoms with van der Waals surface area (Å²) >= 11 is 6.87. The van der Waals surface area contributed by atoms with Crippen LogP contribution in [0.5, 0.6) is 5.75 Å². The van der Waals surface area contributed by atoms with Gasteiger partial charge in [-0.15, -0.1) is 0 Å². The molecule has 0 radical (unpaired) electrons. The number of nitrogens with zero attached hydrogens (tertiary/aromatic N) is 2. The summed E-state index contributed by atoms with van der Waals surface area (Å²) in [5.74, 6) is -0.688. The van der Waals surface area contributed by atoms with Gasteiger partial charge in [-0.05, 0) is 93.8 Å². The van der Waals surface area contributed by atoms with Crippen LogP contribution in [-0.2, 0) is 4.79 Å². The quantitative estimate of drug-likeness (QED) is 0.368. The minimum absolute atomic E-state index is 0.157. The van der Waals surface area contributed by atoms with E-state index in [-0.39, 0.29) is 5.56 Å². The highest BCUT2D eigenvalue weighted by atomic mass is 127. The van der Waals surface area contributed by atoms with Crippen molar-refractivity contribution in [2.45, 2.75) is 13.8 Å². The fourth-order valence-electron chi connectivity index (χ4n) is 3.03. The number of hydrogen-bond acceptors (Lipinski definition) is 5. The van der Waals surface area contributed by atoms with Crippen LogP contribution in [0.2, 0.25) is 0 Å². The first-order valence-corrected chi connectivity index (χ1v) is 11.2. The second kappa shape index (κ2) is 7.69. The topological polar surface area (TPSA) is 80.9 Å². The smallest absolute Gasteiger partial charge is 0.341 e. The third kappa shape index (κ3) is 3.78. The molecule has 29 heavy (non-hydrogen) atoms. The van der Waals surface area contributed by atoms with E-state index < -0.39 is 12.6 Å². The van der Waals surface area contributed by atoms with Crippen LogP contribution in [0.25, 0.3) is 22.1 Å². The minimum atomic E-state index is -1.07. The molecule has 148 valence electrons. The first-order chi connectivity index (χ1) is 13.7. The van der Waals surface area contributed by atoms with E-state index in [9.17, 15) is 9.59 Å². The maximum atomic E-state index is 13.1. The zero-order valence-corrected chi connectivity index (χ0v) is 19.9. The molecule has 1 N–H and O–H groups in total. The van der Waals surface area contributed by atoms with Crippen LogP contribution < -0.4 is 14.8 Å². The molecule has 2 aromatic carbocycles. The van der Waals surface area contributed by atoms with Gasteiger partial charge >= 0.3 is 5.97 Å². The third-order valence-corrected chi connectivity index (χ3v) is 6.70. The Hall–Kier alpha value is -1.98. The van der Waals surface area contributed by atoms with Crippen molar-refractivity contribution in [3.63, 3.8) is 0 Å². The molecule has 0 unspecified atom stereocenters. The number of halogens is 2. The molecule has 0 saturated carbocycles. The van der Waals surface area contributed by atoms with Crippen molar-refractivity contribution < 1.29 is 14.6 Å². The summed E-state index contributed by atoms with van der Waals surface area (Å²) in [6.45, 7) is 3.56. The third-order valence-electron chi connectivity index (χ3n) is 4.52. The summed E-state index contributed by atoms with van der Waals surface area (Å²) in [5, 5.41) is 8.94. The number of carboxylic acid groups (broad SMARTS) is 1. The van der Waals surface area contributed by atoms with E-state index >= 15 is 0 Å². The Kier molecular flexibility index (Phi) is 5.38. The standard InChI is InChI=1S/C20H14BrIN2O4S/c1-9-3-14-15(4-10(9)2)24-19(27)16(29-20(24)23-14)6-11-5-12(22)7-13(21)18(11)28-8-17(25)26/h3-7H,8H2,1-2H3,(H,25,26)/b16-6-. The molecular weight excluding hydrogens is 571 g/mol. The largest absolute Gasteiger partial charge is 0.480 e. The molecule has 0 aliphatic heterocycles. The molecule has 0 bridgehead atoms. The molecular formula is C20H14BrIN2O4S. The molecule has 4 aromatic rings. The highest BCUT2D eigenvalue weighted by Crippen LogP contribution is 2.32. The molecule has 0 spiro atoms. The molecule has 6 nitrogen and oxygen atoms in total. The van der Waals surface area contributed by atoms with Gasteiger partial charge in [0.1, 0.15) is 5.75 Å². The molecule has 0 aliphatic carbocycles. The average Bonchev–Trinajstić information content (AvgIpc) is 3.11. The first-order valence-electron chi connectivity index (χ1n) is 8.52. The van der Waals surface area contributed by atoms with E-state index in [1.54, 1.807) is 10.5 Å². The van der Waals surface area contributed by atoms with Crippen molar-refractivity contribution in [1.82, 2.24) is 9.38 Å². The lowest BCUT2D eigenvalue weighted by Gasteiger charge is -2.10. The minimum Gasteiger partial charge on any atom is -0.480 e. The molecule has 2 aromatic heterocycles. The monoisotopic (exact) mass is 584 g/mol. The summed E-state index contributed by atoms with van der Waals surface area (Å²) in [7, 11) is 0. The zero-order valence-electron chi connectivity index (χ0n) is 15.3. The number of aromatic nitrogens is 2. The normalized spacial score (nSPS) is 12.2. The summed E-state index contributed by atoms with van der Waals surface area (Å²) in [5.41, 5.74) is 4.28. The van der Waals surface area contributed by atoms with Crippen LogP contribution in [0, 0.1) is 17.4 Å². The van der Waals surface area contributed by atoms with Gasteiger partial charge in [0.25, 0.3) is 5.56 Å². The lowest BCUT2D eigenvalue weighted by Crippen LogP contribution is -2.23. The Balaban J connectivity index is 1.93. The number of aryl methyl sites for hydroxylation is 2. The highest BCUT2D eigenvalue weighted by Gasteiger charge is 2.15. The van der Waals surface area contributed by atoms with Crippen molar-refractivity contribution in [3.8, 4) is 5.75 Å². The molecule has 0 atom stereocenters. The van der Waals surface area contributed by atoms with Crippen molar-refractivity contribution in [1.29, 1.82) is 0 Å². The van der Waals surface area contributed by atoms with Crippen molar-refractivity contribution in [2.24, 2.45) is 0 Å². The molecule has 0 saturated heterocycles. The SMILES string of the molecule is Cc1cc2nc3s/c(=C\c4cc(I)cc(Br)c4OCC(=O)O)c(=O)n3c2cc1C. The van der Waals surface area contributed by atoms with E-state index in [4.69, 9.17) is 9.84 Å². The van der Waals surface area contributed by atoms with Crippen LogP contribution in [0.4, 0.5) is 0 Å². The van der Waals surface area contributed by atoms with E-state index in [1.807, 2.05) is 38.1 Å². The van der Waals surface area contributed by atoms with Crippen molar-refractivity contribution in [2.75, 3.05) is 6.61 Å². The second-order valence-corrected chi connectivity index (χ2v) is 9.67. The highest BCUT2D eigenvalue weighted by molar-refractivity contribution is 14.1. The summed E-state index contributed by atoms with van der Waals surface area (Å²) in [4.78, 5) is 29.2. The fourth-order valence-corrected chi connectivity index (χ4v) is 5.68. The molecule has 0 aliphatic rings. The fraction of sp³-hybridized carbons (Fsp3) is 0.150. The summed E-state index contributed by atoms with van der Waals surface area (Å²) in [6, 6.07) is 7.64. The first kappa shape index (κ1) is 20.3. The van der Waals surface area contributed by atoms with Crippen LogP contribution in [0.1, 0.15) is 16.7 Å². The molecule has 2 heterocycles. The number of ether oxygens (including phenoxy) is 1. The van der Waals surface area contributed by atoms with Gasteiger partial charge in [-0.3, -0.25) is 4.79 Å². The zero-order chi connectivity index (χ0) is 20.9. The van der Waals surface area contributed by atoms with Crippen molar-refractivity contribution >= 4 is 77.9 Å². The molecule has 4 rings (SSSR count). The number of fused-ring (bicyclic) bond motifs is 3. The summed E-state index contributed by atoms with van der Waals surface area (Å²) < 4.78 is 9.13. The number of thiazole rings is 1. The van der Waals surface area contributed by atoms with Gasteiger partial charge in [0.05, 0.1) is 20.0 Å². The lowest BCUT2D eigenvalue weighted by atomic mass is 10.1. The van der Waals surface area contributed by atoms with E-state index in [0.29, 0.717) is 25.3 Å². The van der Waals surface area contributed by atoms with Crippen LogP contribution in [0.15, 0.2) is 33.5 Å². The van der Waals surface area contributed by atoms with Gasteiger partial charge in [-0.2, -0.15) is 0 Å². The van der Waals surface area contributed by atoms with Crippen LogP contribution >= 0.6 is 49.9 Å². The van der Waals surface area contributed by atoms with Gasteiger partial charge in [-0.25, -0.2) is 14.2 Å². The van der Waals surface area contributed by atoms with Gasteiger partial charge in [0, 0.05) is 9.13 Å². The Labute approximate surface area is 191 Å². The number of benzene rings is 2. The van der Waals surface area contributed by atoms with E-state index in [0.717, 1.165) is 25.7 Å². The van der Waals surface area contributed by atoms with Gasteiger partial charge < -0.3 is 9.84 Å². The predicted molar refractivity (Wildman–Crippen MR) is 125 cm³/mol. The maximum Gasteiger partial charge on any atom is 0.341 e. The van der Waals surface area contributed by atoms with Gasteiger partial charge in [0.2, 0.25) is 0 Å². The number of hydrogen-bond donors (Lipinski definition) is 1. The average molecular weight is 585 g/mol. The Morgan fingerprint density at radius 3 is 2.76 bits per heavy atom. The van der Waals surface area contributed by atoms with E-state index in [2.05, 4.69) is 43.5 Å². The van der Waals surface area contributed by atoms with Gasteiger partial charge in [0.15, 0.2) is 11.6 Å². The van der Waals surface area contributed by atoms with Crippen LogP contribution in [-0.4, -0.2) is 27.1 Å². The van der Waals surface area contributed by atoms with Crippen molar-refractivity contribution in [3.05, 3.63) is 63.9 Å². The Bertz CT molecular complexity index is 1410.